The highest BCUT2D eigenvalue weighted by molar-refractivity contribution is 7.73. The summed E-state index contributed by atoms with van der Waals surface area (Å²) in [6.45, 7) is 7.67. The third-order valence-corrected chi connectivity index (χ3v) is 2.75. The molecule has 0 aromatic rings. The molecule has 0 saturated heterocycles. The molecule has 0 radical (unpaired) electrons. The van der Waals surface area contributed by atoms with E-state index >= 15 is 0 Å². The predicted molar refractivity (Wildman–Crippen MR) is 44.3 cm³/mol. The molecule has 3 heteroatoms. The van der Waals surface area contributed by atoms with Gasteiger partial charge in [0.05, 0.1) is 12.8 Å². The van der Waals surface area contributed by atoms with Crippen molar-refractivity contribution in [1.29, 1.82) is 0 Å². The smallest absolute Gasteiger partial charge is 0.0713 e. The molecule has 0 aliphatic heterocycles. The number of rotatable bonds is 4. The Morgan fingerprint density at radius 3 is 2.22 bits per heavy atom. The normalized spacial score (nSPS) is 12.0. The first-order chi connectivity index (χ1) is 4.06. The van der Waals surface area contributed by atoms with Gasteiger partial charge in [-0.15, -0.1) is 0 Å². The van der Waals surface area contributed by atoms with Crippen LogP contribution < -0.4 is 5.90 Å². The van der Waals surface area contributed by atoms with Crippen molar-refractivity contribution in [2.75, 3.05) is 32.8 Å². The summed E-state index contributed by atoms with van der Waals surface area (Å²) in [4.78, 5) is 4.46. The first kappa shape index (κ1) is 9.35. The average Bonchev–Trinajstić information content (AvgIpc) is 1.63. The van der Waals surface area contributed by atoms with E-state index < -0.39 is 7.26 Å². The highest BCUT2D eigenvalue weighted by Gasteiger charge is 2.15. The van der Waals surface area contributed by atoms with Gasteiger partial charge in [-0.25, -0.2) is 5.90 Å². The Morgan fingerprint density at radius 2 is 1.89 bits per heavy atom. The molecule has 0 aliphatic carbocycles. The second kappa shape index (κ2) is 4.21. The molecule has 0 aromatic carbocycles. The molecule has 0 atom stereocenters. The summed E-state index contributed by atoms with van der Waals surface area (Å²) >= 11 is 0. The van der Waals surface area contributed by atoms with Crippen LogP contribution in [0.2, 0.25) is 0 Å². The van der Waals surface area contributed by atoms with E-state index in [0.29, 0.717) is 6.61 Å². The van der Waals surface area contributed by atoms with Crippen molar-refractivity contribution in [1.82, 2.24) is 0 Å². The highest BCUT2D eigenvalue weighted by atomic mass is 31.2. The molecular formula is C6H17NOP+. The largest absolute Gasteiger partial charge is 0.304 e. The SMILES string of the molecule is C[P+](C)(C)CCCON. The molecule has 0 amide bonds. The van der Waals surface area contributed by atoms with Gasteiger partial charge in [-0.05, 0) is 0 Å². The Hall–Kier alpha value is 0.350. The van der Waals surface area contributed by atoms with Crippen molar-refractivity contribution in [3.8, 4) is 0 Å². The summed E-state index contributed by atoms with van der Waals surface area (Å²) in [6.07, 6.45) is 2.39. The van der Waals surface area contributed by atoms with Gasteiger partial charge in [-0.3, -0.25) is 0 Å². The third kappa shape index (κ3) is 8.35. The number of hydrogen-bond donors (Lipinski definition) is 1. The van der Waals surface area contributed by atoms with E-state index in [-0.39, 0.29) is 0 Å². The third-order valence-electron chi connectivity index (χ3n) is 1.09. The Balaban J connectivity index is 3.07. The molecule has 0 bridgehead atoms. The van der Waals surface area contributed by atoms with Crippen LogP contribution in [0.1, 0.15) is 6.42 Å². The number of nitrogens with two attached hydrogens (primary N) is 1. The second-order valence-corrected chi connectivity index (χ2v) is 8.27. The topological polar surface area (TPSA) is 35.2 Å². The maximum absolute atomic E-state index is 4.87. The maximum atomic E-state index is 4.87. The molecule has 2 N–H and O–H groups in total. The Bertz CT molecular complexity index is 69.9. The van der Waals surface area contributed by atoms with E-state index in [1.165, 1.54) is 6.16 Å². The molecule has 9 heavy (non-hydrogen) atoms. The molecular weight excluding hydrogens is 133 g/mol. The molecule has 2 nitrogen and oxygen atoms in total. The van der Waals surface area contributed by atoms with Gasteiger partial charge >= 0.3 is 0 Å². The van der Waals surface area contributed by atoms with Crippen LogP contribution in [0.5, 0.6) is 0 Å². The van der Waals surface area contributed by atoms with Crippen molar-refractivity contribution in [3.05, 3.63) is 0 Å². The van der Waals surface area contributed by atoms with Crippen molar-refractivity contribution >= 4 is 7.26 Å². The van der Waals surface area contributed by atoms with Crippen LogP contribution in [0.3, 0.4) is 0 Å². The van der Waals surface area contributed by atoms with Crippen LogP contribution in [0.15, 0.2) is 0 Å². The fourth-order valence-electron chi connectivity index (χ4n) is 0.622. The maximum Gasteiger partial charge on any atom is 0.0713 e. The standard InChI is InChI=1S/C6H17NOP/c1-9(2,3)6-4-5-8-7/h4-7H2,1-3H3/q+1. The van der Waals surface area contributed by atoms with Gasteiger partial charge in [-0.2, -0.15) is 0 Å². The van der Waals surface area contributed by atoms with E-state index in [4.69, 9.17) is 5.90 Å². The van der Waals surface area contributed by atoms with E-state index in [1.807, 2.05) is 0 Å². The predicted octanol–water partition coefficient (Wildman–Crippen LogP) is 1.17. The van der Waals surface area contributed by atoms with Crippen LogP contribution in [0, 0.1) is 0 Å². The Kier molecular flexibility index (Phi) is 4.37. The number of hydrogen-bond acceptors (Lipinski definition) is 2. The van der Waals surface area contributed by atoms with E-state index in [1.54, 1.807) is 0 Å². The molecule has 0 saturated carbocycles. The first-order valence-corrected chi connectivity index (χ1v) is 6.50. The van der Waals surface area contributed by atoms with Gasteiger partial charge in [0, 0.05) is 33.7 Å². The Morgan fingerprint density at radius 1 is 1.33 bits per heavy atom. The minimum atomic E-state index is -0.581. The molecule has 0 aliphatic rings. The minimum Gasteiger partial charge on any atom is -0.304 e. The van der Waals surface area contributed by atoms with Crippen LogP contribution in [-0.4, -0.2) is 32.8 Å². The second-order valence-electron chi connectivity index (χ2n) is 3.24. The zero-order valence-corrected chi connectivity index (χ0v) is 7.45. The van der Waals surface area contributed by atoms with Gasteiger partial charge in [0.15, 0.2) is 0 Å². The summed E-state index contributed by atoms with van der Waals surface area (Å²) in [5.74, 6) is 4.87. The van der Waals surface area contributed by atoms with Crippen LogP contribution in [0.4, 0.5) is 0 Å². The summed E-state index contributed by atoms with van der Waals surface area (Å²) in [5, 5.41) is 0. The molecule has 0 aromatic heterocycles. The quantitative estimate of drug-likeness (QED) is 0.371. The summed E-state index contributed by atoms with van der Waals surface area (Å²) in [7, 11) is -0.581. The van der Waals surface area contributed by atoms with E-state index in [0.717, 1.165) is 6.42 Å². The lowest BCUT2D eigenvalue weighted by Crippen LogP contribution is -2.04. The monoisotopic (exact) mass is 150 g/mol. The van der Waals surface area contributed by atoms with Crippen molar-refractivity contribution in [3.63, 3.8) is 0 Å². The lowest BCUT2D eigenvalue weighted by atomic mass is 10.5. The zero-order chi connectivity index (χ0) is 7.33. The van der Waals surface area contributed by atoms with Gasteiger partial charge in [-0.1, -0.05) is 0 Å². The van der Waals surface area contributed by atoms with Gasteiger partial charge in [0.25, 0.3) is 0 Å². The lowest BCUT2D eigenvalue weighted by Gasteiger charge is -2.09. The van der Waals surface area contributed by atoms with Crippen molar-refractivity contribution < 1.29 is 4.84 Å². The lowest BCUT2D eigenvalue weighted by molar-refractivity contribution is 0.139. The first-order valence-electron chi connectivity index (χ1n) is 3.18. The molecule has 0 fully saturated rings. The molecule has 0 rings (SSSR count). The molecule has 0 spiro atoms. The van der Waals surface area contributed by atoms with Gasteiger partial charge < -0.3 is 4.84 Å². The molecule has 0 unspecified atom stereocenters. The van der Waals surface area contributed by atoms with Crippen LogP contribution in [0.25, 0.3) is 0 Å². The van der Waals surface area contributed by atoms with Crippen LogP contribution >= 0.6 is 7.26 Å². The van der Waals surface area contributed by atoms with Crippen molar-refractivity contribution in [2.45, 2.75) is 6.42 Å². The summed E-state index contributed by atoms with van der Waals surface area (Å²) in [5.41, 5.74) is 0. The average molecular weight is 150 g/mol. The zero-order valence-electron chi connectivity index (χ0n) is 6.55. The fourth-order valence-corrected chi connectivity index (χ4v) is 1.70. The molecule has 0 heterocycles. The van der Waals surface area contributed by atoms with Crippen LogP contribution in [-0.2, 0) is 4.84 Å². The summed E-state index contributed by atoms with van der Waals surface area (Å²) in [6, 6.07) is 0. The van der Waals surface area contributed by atoms with E-state index in [2.05, 4.69) is 24.8 Å². The fraction of sp³-hybridized carbons (Fsp3) is 1.00. The van der Waals surface area contributed by atoms with E-state index in [9.17, 15) is 0 Å². The molecule has 56 valence electrons. The Labute approximate surface area is 58.1 Å². The van der Waals surface area contributed by atoms with Crippen molar-refractivity contribution in [2.24, 2.45) is 5.90 Å². The minimum absolute atomic E-state index is 0.581. The van der Waals surface area contributed by atoms with Gasteiger partial charge in [0.2, 0.25) is 0 Å². The van der Waals surface area contributed by atoms with Gasteiger partial charge in [0.1, 0.15) is 0 Å². The highest BCUT2D eigenvalue weighted by Crippen LogP contribution is 2.46. The summed E-state index contributed by atoms with van der Waals surface area (Å²) < 4.78 is 0.